The van der Waals surface area contributed by atoms with Gasteiger partial charge in [0.25, 0.3) is 0 Å². The number of hydrogen-bond acceptors (Lipinski definition) is 4. The van der Waals surface area contributed by atoms with Crippen LogP contribution in [0.3, 0.4) is 0 Å². The van der Waals surface area contributed by atoms with Gasteiger partial charge < -0.3 is 10.5 Å². The van der Waals surface area contributed by atoms with E-state index in [9.17, 15) is 0 Å². The summed E-state index contributed by atoms with van der Waals surface area (Å²) < 4.78 is 5.66. The molecule has 4 heteroatoms. The Balaban J connectivity index is 2.24. The number of nitrogens with two attached hydrogens (primary N) is 1. The Morgan fingerprint density at radius 2 is 2.36 bits per heavy atom. The molecule has 1 unspecified atom stereocenters. The van der Waals surface area contributed by atoms with E-state index in [1.54, 1.807) is 11.3 Å². The van der Waals surface area contributed by atoms with Crippen LogP contribution in [0.5, 0.6) is 0 Å². The quantitative estimate of drug-likeness (QED) is 0.773. The number of thiazole rings is 1. The first-order valence-electron chi connectivity index (χ1n) is 4.85. The molecule has 78 valence electrons. The molecular formula is C10H16N2OS. The lowest BCUT2D eigenvalue weighted by atomic mass is 9.82. The third kappa shape index (κ3) is 1.82. The van der Waals surface area contributed by atoms with Crippen molar-refractivity contribution >= 4 is 11.3 Å². The Hall–Kier alpha value is -0.450. The predicted octanol–water partition coefficient (Wildman–Crippen LogP) is 1.89. The molecule has 0 aliphatic carbocycles. The van der Waals surface area contributed by atoms with Crippen molar-refractivity contribution in [3.63, 3.8) is 0 Å². The van der Waals surface area contributed by atoms with Gasteiger partial charge in [-0.15, -0.1) is 11.3 Å². The summed E-state index contributed by atoms with van der Waals surface area (Å²) in [4.78, 5) is 4.32. The summed E-state index contributed by atoms with van der Waals surface area (Å²) >= 11 is 1.64. The first kappa shape index (κ1) is 10.1. The number of rotatable bonds is 1. The molecule has 3 nitrogen and oxygen atoms in total. The van der Waals surface area contributed by atoms with Gasteiger partial charge in [0.2, 0.25) is 0 Å². The minimum absolute atomic E-state index is 0.126. The van der Waals surface area contributed by atoms with Gasteiger partial charge >= 0.3 is 0 Å². The van der Waals surface area contributed by atoms with Gasteiger partial charge in [0, 0.05) is 24.6 Å². The van der Waals surface area contributed by atoms with Gasteiger partial charge in [-0.1, -0.05) is 0 Å². The zero-order valence-electron chi connectivity index (χ0n) is 8.62. The molecule has 1 aliphatic heterocycles. The average molecular weight is 212 g/mol. The van der Waals surface area contributed by atoms with Crippen LogP contribution in [0.15, 0.2) is 11.6 Å². The fraction of sp³-hybridized carbons (Fsp3) is 0.700. The number of nitrogens with zero attached hydrogens (tertiary/aromatic N) is 1. The lowest BCUT2D eigenvalue weighted by Crippen LogP contribution is -2.49. The maximum Gasteiger partial charge on any atom is 0.113 e. The molecule has 1 saturated heterocycles. The van der Waals surface area contributed by atoms with E-state index < -0.39 is 0 Å². The maximum absolute atomic E-state index is 6.37. The predicted molar refractivity (Wildman–Crippen MR) is 57.2 cm³/mol. The Morgan fingerprint density at radius 1 is 1.57 bits per heavy atom. The molecule has 2 N–H and O–H groups in total. The number of ether oxygens (including phenoxy) is 1. The molecule has 1 aromatic rings. The van der Waals surface area contributed by atoms with Crippen LogP contribution in [-0.4, -0.2) is 17.2 Å². The second kappa shape index (κ2) is 3.29. The van der Waals surface area contributed by atoms with Crippen molar-refractivity contribution in [1.82, 2.24) is 4.98 Å². The zero-order chi connectivity index (χ0) is 10.2. The highest BCUT2D eigenvalue weighted by atomic mass is 32.1. The van der Waals surface area contributed by atoms with E-state index in [-0.39, 0.29) is 11.1 Å². The van der Waals surface area contributed by atoms with E-state index in [2.05, 4.69) is 18.8 Å². The van der Waals surface area contributed by atoms with Crippen molar-refractivity contribution < 1.29 is 4.74 Å². The van der Waals surface area contributed by atoms with Gasteiger partial charge in [-0.2, -0.15) is 0 Å². The van der Waals surface area contributed by atoms with Crippen molar-refractivity contribution in [2.45, 2.75) is 37.8 Å². The van der Waals surface area contributed by atoms with E-state index in [1.165, 1.54) is 0 Å². The van der Waals surface area contributed by atoms with E-state index >= 15 is 0 Å². The van der Waals surface area contributed by atoms with Crippen LogP contribution >= 0.6 is 11.3 Å². The highest BCUT2D eigenvalue weighted by Gasteiger charge is 2.40. The van der Waals surface area contributed by atoms with Crippen LogP contribution in [-0.2, 0) is 10.3 Å². The molecule has 1 aromatic heterocycles. The summed E-state index contributed by atoms with van der Waals surface area (Å²) in [6, 6.07) is 0. The Kier molecular flexibility index (Phi) is 2.37. The fourth-order valence-electron chi connectivity index (χ4n) is 2.06. The van der Waals surface area contributed by atoms with Crippen LogP contribution in [0.4, 0.5) is 0 Å². The fourth-order valence-corrected chi connectivity index (χ4v) is 2.84. The molecule has 2 heterocycles. The molecule has 14 heavy (non-hydrogen) atoms. The molecule has 0 spiro atoms. The van der Waals surface area contributed by atoms with Crippen LogP contribution in [0, 0.1) is 0 Å². The van der Waals surface area contributed by atoms with E-state index in [0.29, 0.717) is 0 Å². The van der Waals surface area contributed by atoms with Gasteiger partial charge in [0.05, 0.1) is 11.1 Å². The van der Waals surface area contributed by atoms with Gasteiger partial charge in [0.1, 0.15) is 5.01 Å². The molecule has 1 atom stereocenters. The lowest BCUT2D eigenvalue weighted by molar-refractivity contribution is -0.0813. The summed E-state index contributed by atoms with van der Waals surface area (Å²) in [7, 11) is 0. The molecule has 0 amide bonds. The molecule has 0 saturated carbocycles. The van der Waals surface area contributed by atoms with Crippen LogP contribution in [0.2, 0.25) is 0 Å². The highest BCUT2D eigenvalue weighted by Crippen LogP contribution is 2.37. The first-order chi connectivity index (χ1) is 6.52. The highest BCUT2D eigenvalue weighted by molar-refractivity contribution is 7.09. The van der Waals surface area contributed by atoms with Crippen molar-refractivity contribution in [3.8, 4) is 0 Å². The standard InChI is InChI=1S/C10H16N2OS/c1-9(2)7-10(11,3-5-13-9)8-12-4-6-14-8/h4,6H,3,5,7,11H2,1-2H3. The van der Waals surface area contributed by atoms with E-state index in [1.807, 2.05) is 11.6 Å². The van der Waals surface area contributed by atoms with Crippen LogP contribution < -0.4 is 5.73 Å². The summed E-state index contributed by atoms with van der Waals surface area (Å²) in [5.74, 6) is 0. The summed E-state index contributed by atoms with van der Waals surface area (Å²) in [5, 5.41) is 3.01. The van der Waals surface area contributed by atoms with Gasteiger partial charge in [-0.05, 0) is 20.3 Å². The van der Waals surface area contributed by atoms with E-state index in [0.717, 1.165) is 24.5 Å². The molecule has 0 aromatic carbocycles. The van der Waals surface area contributed by atoms with Crippen LogP contribution in [0.25, 0.3) is 0 Å². The minimum Gasteiger partial charge on any atom is -0.375 e. The zero-order valence-corrected chi connectivity index (χ0v) is 9.43. The summed E-state index contributed by atoms with van der Waals surface area (Å²) in [6.45, 7) is 4.89. The number of aromatic nitrogens is 1. The van der Waals surface area contributed by atoms with Gasteiger partial charge in [-0.3, -0.25) is 0 Å². The third-order valence-corrected chi connectivity index (χ3v) is 3.63. The van der Waals surface area contributed by atoms with Crippen molar-refractivity contribution in [1.29, 1.82) is 0 Å². The third-order valence-electron chi connectivity index (χ3n) is 2.64. The molecular weight excluding hydrogens is 196 g/mol. The van der Waals surface area contributed by atoms with Gasteiger partial charge in [-0.25, -0.2) is 4.98 Å². The summed E-state index contributed by atoms with van der Waals surface area (Å²) in [5.41, 5.74) is 5.96. The Labute approximate surface area is 88.3 Å². The second-order valence-electron chi connectivity index (χ2n) is 4.53. The Bertz CT molecular complexity index is 310. The number of hydrogen-bond donors (Lipinski definition) is 1. The monoisotopic (exact) mass is 212 g/mol. The minimum atomic E-state index is -0.282. The smallest absolute Gasteiger partial charge is 0.113 e. The molecule has 0 radical (unpaired) electrons. The maximum atomic E-state index is 6.37. The SMILES string of the molecule is CC1(C)CC(N)(c2nccs2)CCO1. The average Bonchev–Trinajstić information content (AvgIpc) is 2.52. The van der Waals surface area contributed by atoms with E-state index in [4.69, 9.17) is 10.5 Å². The normalized spacial score (nSPS) is 31.6. The second-order valence-corrected chi connectivity index (χ2v) is 5.42. The van der Waals surface area contributed by atoms with Crippen LogP contribution in [0.1, 0.15) is 31.7 Å². The lowest BCUT2D eigenvalue weighted by Gasteiger charge is -2.41. The summed E-state index contributed by atoms with van der Waals surface area (Å²) in [6.07, 6.45) is 3.52. The van der Waals surface area contributed by atoms with Crippen molar-refractivity contribution in [3.05, 3.63) is 16.6 Å². The largest absolute Gasteiger partial charge is 0.375 e. The Morgan fingerprint density at radius 3 is 2.93 bits per heavy atom. The van der Waals surface area contributed by atoms with Crippen molar-refractivity contribution in [2.24, 2.45) is 5.73 Å². The molecule has 1 aliphatic rings. The van der Waals surface area contributed by atoms with Gasteiger partial charge in [0.15, 0.2) is 0 Å². The van der Waals surface area contributed by atoms with Crippen molar-refractivity contribution in [2.75, 3.05) is 6.61 Å². The topological polar surface area (TPSA) is 48.1 Å². The first-order valence-corrected chi connectivity index (χ1v) is 5.73. The molecule has 0 bridgehead atoms. The molecule has 1 fully saturated rings. The molecule has 2 rings (SSSR count).